The second-order valence-corrected chi connectivity index (χ2v) is 6.99. The van der Waals surface area contributed by atoms with Gasteiger partial charge in [0.15, 0.2) is 0 Å². The Morgan fingerprint density at radius 1 is 1.19 bits per heavy atom. The maximum absolute atomic E-state index is 13.0. The van der Waals surface area contributed by atoms with E-state index < -0.39 is 22.7 Å². The van der Waals surface area contributed by atoms with Gasteiger partial charge in [-0.15, -0.1) is 0 Å². The first-order valence-corrected chi connectivity index (χ1v) is 9.60. The number of carbonyl (C=O) groups excluding carboxylic acids is 1. The molecule has 1 aromatic heterocycles. The number of aromatic nitrogens is 2. The summed E-state index contributed by atoms with van der Waals surface area (Å²) in [6.07, 6.45) is -1.62. The summed E-state index contributed by atoms with van der Waals surface area (Å²) in [4.78, 5) is 31.0. The number of aromatic amines is 1. The van der Waals surface area contributed by atoms with E-state index in [0.717, 1.165) is 18.2 Å². The monoisotopic (exact) mass is 447 g/mol. The molecule has 31 heavy (non-hydrogen) atoms. The molecule has 0 spiro atoms. The molecule has 0 radical (unpaired) electrons. The fourth-order valence-electron chi connectivity index (χ4n) is 2.79. The lowest BCUT2D eigenvalue weighted by atomic mass is 10.1. The summed E-state index contributed by atoms with van der Waals surface area (Å²) in [6, 6.07) is 11.5. The van der Waals surface area contributed by atoms with Gasteiger partial charge < -0.3 is 10.3 Å². The molecule has 5 nitrogen and oxygen atoms in total. The Morgan fingerprint density at radius 3 is 2.68 bits per heavy atom. The summed E-state index contributed by atoms with van der Waals surface area (Å²) in [5, 5.41) is 2.22. The molecule has 2 aromatic carbocycles. The third-order valence-electron chi connectivity index (χ3n) is 4.28. The zero-order valence-electron chi connectivity index (χ0n) is 16.3. The second kappa shape index (κ2) is 9.18. The van der Waals surface area contributed by atoms with E-state index in [1.165, 1.54) is 18.2 Å². The van der Waals surface area contributed by atoms with Gasteiger partial charge in [-0.25, -0.2) is 4.98 Å². The minimum atomic E-state index is -4.59. The zero-order chi connectivity index (χ0) is 22.6. The highest BCUT2D eigenvalue weighted by Crippen LogP contribution is 2.35. The Morgan fingerprint density at radius 2 is 1.97 bits per heavy atom. The van der Waals surface area contributed by atoms with Crippen molar-refractivity contribution in [2.24, 2.45) is 0 Å². The Labute approximate surface area is 180 Å². The number of amides is 1. The van der Waals surface area contributed by atoms with Crippen LogP contribution in [0, 0.1) is 0 Å². The van der Waals surface area contributed by atoms with Crippen LogP contribution in [0.1, 0.15) is 23.7 Å². The molecule has 0 fully saturated rings. The molecule has 0 aliphatic rings. The third-order valence-corrected chi connectivity index (χ3v) is 4.61. The van der Waals surface area contributed by atoms with Crippen molar-refractivity contribution in [3.8, 4) is 11.4 Å². The van der Waals surface area contributed by atoms with Crippen molar-refractivity contribution in [1.29, 1.82) is 0 Å². The van der Waals surface area contributed by atoms with Gasteiger partial charge in [0.1, 0.15) is 5.82 Å². The van der Waals surface area contributed by atoms with Crippen molar-refractivity contribution >= 4 is 29.3 Å². The molecule has 0 aliphatic heterocycles. The van der Waals surface area contributed by atoms with Gasteiger partial charge in [-0.1, -0.05) is 36.7 Å². The van der Waals surface area contributed by atoms with E-state index in [0.29, 0.717) is 29.2 Å². The summed E-state index contributed by atoms with van der Waals surface area (Å²) in [6.45, 7) is 1.88. The Hall–Kier alpha value is -3.39. The van der Waals surface area contributed by atoms with Crippen molar-refractivity contribution in [3.05, 3.63) is 86.8 Å². The lowest BCUT2D eigenvalue weighted by molar-refractivity contribution is -0.137. The largest absolute Gasteiger partial charge is 0.417 e. The average Bonchev–Trinajstić information content (AvgIpc) is 2.72. The van der Waals surface area contributed by atoms with E-state index in [4.69, 9.17) is 11.6 Å². The topological polar surface area (TPSA) is 74.8 Å². The SMILES string of the molecule is CCc1cc(=O)[nH]c(-c2cccc(NC(=O)/C=C/c3ccc(Cl)c(C(F)(F)F)c3)c2)n1. The van der Waals surface area contributed by atoms with E-state index in [1.807, 2.05) is 6.92 Å². The van der Waals surface area contributed by atoms with Crippen molar-refractivity contribution in [3.63, 3.8) is 0 Å². The number of nitrogens with zero attached hydrogens (tertiary/aromatic N) is 1. The van der Waals surface area contributed by atoms with Crippen LogP contribution in [0.3, 0.4) is 0 Å². The highest BCUT2D eigenvalue weighted by Gasteiger charge is 2.33. The van der Waals surface area contributed by atoms with Gasteiger partial charge in [0.2, 0.25) is 5.91 Å². The first-order valence-electron chi connectivity index (χ1n) is 9.22. The second-order valence-electron chi connectivity index (χ2n) is 6.58. The number of hydrogen-bond acceptors (Lipinski definition) is 3. The van der Waals surface area contributed by atoms with Gasteiger partial charge in [0.05, 0.1) is 10.6 Å². The molecule has 0 saturated heterocycles. The predicted molar refractivity (Wildman–Crippen MR) is 114 cm³/mol. The van der Waals surface area contributed by atoms with Gasteiger partial charge in [-0.05, 0) is 42.3 Å². The number of nitrogens with one attached hydrogen (secondary N) is 2. The molecule has 1 amide bonds. The summed E-state index contributed by atoms with van der Waals surface area (Å²) < 4.78 is 38.9. The number of rotatable bonds is 5. The zero-order valence-corrected chi connectivity index (χ0v) is 17.0. The predicted octanol–water partition coefficient (Wildman–Crippen LogP) is 5.32. The maximum Gasteiger partial charge on any atom is 0.417 e. The minimum Gasteiger partial charge on any atom is -0.322 e. The number of benzene rings is 2. The van der Waals surface area contributed by atoms with Crippen LogP contribution in [0.15, 0.2) is 59.4 Å². The summed E-state index contributed by atoms with van der Waals surface area (Å²) in [7, 11) is 0. The number of aryl methyl sites for hydroxylation is 1. The molecule has 0 unspecified atom stereocenters. The molecule has 0 saturated carbocycles. The number of halogens is 4. The van der Waals surface area contributed by atoms with Crippen LogP contribution in [-0.2, 0) is 17.4 Å². The summed E-state index contributed by atoms with van der Waals surface area (Å²) in [5.74, 6) is -0.166. The van der Waals surface area contributed by atoms with Gasteiger partial charge in [0.25, 0.3) is 5.56 Å². The van der Waals surface area contributed by atoms with Crippen LogP contribution < -0.4 is 10.9 Å². The Bertz CT molecular complexity index is 1200. The third kappa shape index (κ3) is 5.82. The van der Waals surface area contributed by atoms with E-state index in [-0.39, 0.29) is 11.1 Å². The highest BCUT2D eigenvalue weighted by molar-refractivity contribution is 6.31. The maximum atomic E-state index is 13.0. The molecule has 2 N–H and O–H groups in total. The van der Waals surface area contributed by atoms with Crippen molar-refractivity contribution in [2.45, 2.75) is 19.5 Å². The molecule has 3 rings (SSSR count). The first kappa shape index (κ1) is 22.3. The minimum absolute atomic E-state index is 0.179. The normalized spacial score (nSPS) is 11.6. The lowest BCUT2D eigenvalue weighted by Crippen LogP contribution is -2.11. The van der Waals surface area contributed by atoms with Gasteiger partial charge in [-0.3, -0.25) is 9.59 Å². The van der Waals surface area contributed by atoms with Crippen molar-refractivity contribution in [1.82, 2.24) is 9.97 Å². The van der Waals surface area contributed by atoms with E-state index in [9.17, 15) is 22.8 Å². The molecule has 1 heterocycles. The van der Waals surface area contributed by atoms with Crippen molar-refractivity contribution in [2.75, 3.05) is 5.32 Å². The van der Waals surface area contributed by atoms with Crippen LogP contribution >= 0.6 is 11.6 Å². The number of hydrogen-bond donors (Lipinski definition) is 2. The first-order chi connectivity index (χ1) is 14.7. The van der Waals surface area contributed by atoms with Crippen LogP contribution in [0.5, 0.6) is 0 Å². The van der Waals surface area contributed by atoms with E-state index in [1.54, 1.807) is 24.3 Å². The van der Waals surface area contributed by atoms with Crippen LogP contribution in [0.25, 0.3) is 17.5 Å². The average molecular weight is 448 g/mol. The molecule has 9 heteroatoms. The fourth-order valence-corrected chi connectivity index (χ4v) is 3.01. The van der Waals surface area contributed by atoms with Crippen LogP contribution in [0.2, 0.25) is 5.02 Å². The van der Waals surface area contributed by atoms with Crippen LogP contribution in [0.4, 0.5) is 18.9 Å². The number of H-pyrrole nitrogens is 1. The van der Waals surface area contributed by atoms with Gasteiger partial charge in [-0.2, -0.15) is 13.2 Å². The molecule has 3 aromatic rings. The van der Waals surface area contributed by atoms with Crippen LogP contribution in [-0.4, -0.2) is 15.9 Å². The molecular formula is C22H17ClF3N3O2. The fraction of sp³-hybridized carbons (Fsp3) is 0.136. The molecule has 0 aliphatic carbocycles. The quantitative estimate of drug-likeness (QED) is 0.519. The molecule has 0 atom stereocenters. The van der Waals surface area contributed by atoms with E-state index >= 15 is 0 Å². The van der Waals surface area contributed by atoms with Crippen molar-refractivity contribution < 1.29 is 18.0 Å². The lowest BCUT2D eigenvalue weighted by Gasteiger charge is -2.09. The highest BCUT2D eigenvalue weighted by atomic mass is 35.5. The summed E-state index contributed by atoms with van der Waals surface area (Å²) >= 11 is 5.59. The number of alkyl halides is 3. The van der Waals surface area contributed by atoms with Gasteiger partial charge >= 0.3 is 6.18 Å². The summed E-state index contributed by atoms with van der Waals surface area (Å²) in [5.41, 5.74) is 0.599. The molecular weight excluding hydrogens is 431 g/mol. The molecule has 160 valence electrons. The smallest absolute Gasteiger partial charge is 0.322 e. The Kier molecular flexibility index (Phi) is 6.60. The molecule has 0 bridgehead atoms. The number of anilines is 1. The standard InChI is InChI=1S/C22H17ClF3N3O2/c1-2-15-12-20(31)29-21(28-15)14-4-3-5-16(11-14)27-19(30)9-7-13-6-8-18(23)17(10-13)22(24,25)26/h3-12H,2H2,1H3,(H,27,30)(H,28,29,31)/b9-7+. The number of carbonyl (C=O) groups is 1. The Balaban J connectivity index is 1.77. The van der Waals surface area contributed by atoms with E-state index in [2.05, 4.69) is 15.3 Å². The van der Waals surface area contributed by atoms with Gasteiger partial charge in [0, 0.05) is 29.1 Å².